The van der Waals surface area contributed by atoms with E-state index in [2.05, 4.69) is 20.9 Å². The molecule has 0 bridgehead atoms. The number of aromatic amines is 1. The van der Waals surface area contributed by atoms with Gasteiger partial charge in [-0.1, -0.05) is 27.7 Å². The van der Waals surface area contributed by atoms with Gasteiger partial charge in [0.25, 0.3) is 11.2 Å². The highest BCUT2D eigenvalue weighted by Crippen LogP contribution is 2.45. The molecule has 0 saturated carbocycles. The van der Waals surface area contributed by atoms with Gasteiger partial charge in [-0.2, -0.15) is 4.98 Å². The van der Waals surface area contributed by atoms with Gasteiger partial charge in [-0.05, 0) is 24.4 Å². The minimum atomic E-state index is -2.73. The number of hydrogen-bond donors (Lipinski definition) is 2. The lowest BCUT2D eigenvalue weighted by Gasteiger charge is -2.29. The minimum absolute atomic E-state index is 0.0916. The largest absolute Gasteiger partial charge is 0.460 e. The van der Waals surface area contributed by atoms with Crippen molar-refractivity contribution >= 4 is 40.7 Å². The van der Waals surface area contributed by atoms with E-state index in [4.69, 9.17) is 31.5 Å². The molecule has 11 nitrogen and oxygen atoms in total. The molecule has 184 valence electrons. The van der Waals surface area contributed by atoms with Gasteiger partial charge in [0.1, 0.15) is 12.2 Å². The summed E-state index contributed by atoms with van der Waals surface area (Å²) in [5.74, 6) is -0.367. The van der Waals surface area contributed by atoms with Gasteiger partial charge in [-0.15, -0.1) is 0 Å². The summed E-state index contributed by atoms with van der Waals surface area (Å²) < 4.78 is 34.6. The summed E-state index contributed by atoms with van der Waals surface area (Å²) in [6.45, 7) is 7.89. The number of anilines is 1. The number of nitrogens with two attached hydrogens (primary N) is 1. The third kappa shape index (κ3) is 4.58. The Labute approximate surface area is 199 Å². The number of H-pyrrole nitrogens is 1. The first kappa shape index (κ1) is 25.5. The average Bonchev–Trinajstić information content (AvgIpc) is 3.27. The molecule has 1 saturated heterocycles. The van der Waals surface area contributed by atoms with Gasteiger partial charge in [-0.3, -0.25) is 23.9 Å². The molecule has 3 N–H and O–H groups in total. The van der Waals surface area contributed by atoms with Crippen molar-refractivity contribution < 1.29 is 28.2 Å². The van der Waals surface area contributed by atoms with Crippen LogP contribution < -0.4 is 11.3 Å². The fourth-order valence-corrected chi connectivity index (χ4v) is 3.59. The molecule has 1 fully saturated rings. The van der Waals surface area contributed by atoms with E-state index in [1.165, 1.54) is 6.92 Å². The number of carbonyl (C=O) groups excluding carboxylic acids is 2. The standard InChI is InChI=1S/C21H25ClFN5O6/c1-9(2)17(30)32-11(5)13-14(34-18(31)10(3)4)21(23,6-7-22)19(33-13)28-8-25-12-15(28)26-20(24)27-16(12)29/h8-11,13-14,19H,1-5H3,(H3,24,26,27,29)/t11?,13-,14-,19-,21-/m1/s1. The number of nitrogens with zero attached hydrogens (tertiary/aromatic N) is 3. The fourth-order valence-electron chi connectivity index (χ4n) is 3.44. The van der Waals surface area contributed by atoms with Crippen LogP contribution in [0.3, 0.4) is 0 Å². The highest BCUT2D eigenvalue weighted by molar-refractivity contribution is 6.30. The number of alkyl halides is 1. The number of aromatic nitrogens is 4. The molecule has 2 aromatic rings. The first-order chi connectivity index (χ1) is 15.9. The second kappa shape index (κ2) is 9.60. The summed E-state index contributed by atoms with van der Waals surface area (Å²) in [7, 11) is 0. The molecule has 1 unspecified atom stereocenters. The molecule has 3 heterocycles. The maximum Gasteiger partial charge on any atom is 0.308 e. The molecular formula is C21H25ClFN5O6. The molecule has 0 aliphatic carbocycles. The minimum Gasteiger partial charge on any atom is -0.460 e. The van der Waals surface area contributed by atoms with Crippen molar-refractivity contribution in [1.29, 1.82) is 0 Å². The van der Waals surface area contributed by atoms with Crippen molar-refractivity contribution in [3.8, 4) is 11.3 Å². The number of nitrogen functional groups attached to an aromatic ring is 1. The topological polar surface area (TPSA) is 151 Å². The lowest BCUT2D eigenvalue weighted by molar-refractivity contribution is -0.171. The van der Waals surface area contributed by atoms with E-state index in [9.17, 15) is 14.4 Å². The van der Waals surface area contributed by atoms with Crippen molar-refractivity contribution in [3.63, 3.8) is 0 Å². The number of fused-ring (bicyclic) bond motifs is 1. The predicted octanol–water partition coefficient (Wildman–Crippen LogP) is 1.66. The van der Waals surface area contributed by atoms with Crippen LogP contribution in [0.4, 0.5) is 10.3 Å². The van der Waals surface area contributed by atoms with E-state index < -0.39 is 59.5 Å². The van der Waals surface area contributed by atoms with Gasteiger partial charge in [0, 0.05) is 5.38 Å². The van der Waals surface area contributed by atoms with Crippen LogP contribution in [-0.2, 0) is 23.8 Å². The van der Waals surface area contributed by atoms with E-state index in [1.807, 2.05) is 5.38 Å². The van der Waals surface area contributed by atoms with Crippen LogP contribution in [-0.4, -0.2) is 55.4 Å². The quantitative estimate of drug-likeness (QED) is 0.448. The van der Waals surface area contributed by atoms with E-state index in [0.717, 1.165) is 10.9 Å². The molecular weight excluding hydrogens is 473 g/mol. The second-order valence-corrected chi connectivity index (χ2v) is 8.71. The molecule has 0 amide bonds. The first-order valence-corrected chi connectivity index (χ1v) is 10.9. The molecule has 0 radical (unpaired) electrons. The first-order valence-electron chi connectivity index (χ1n) is 10.5. The van der Waals surface area contributed by atoms with Gasteiger partial charge in [-0.25, -0.2) is 9.37 Å². The highest BCUT2D eigenvalue weighted by atomic mass is 35.5. The van der Waals surface area contributed by atoms with Crippen molar-refractivity contribution in [3.05, 3.63) is 16.7 Å². The summed E-state index contributed by atoms with van der Waals surface area (Å²) in [6, 6.07) is 0. The Morgan fingerprint density at radius 1 is 1.29 bits per heavy atom. The number of esters is 2. The zero-order valence-corrected chi connectivity index (χ0v) is 19.9. The maximum absolute atomic E-state index is 16.7. The molecule has 1 aliphatic heterocycles. The smallest absolute Gasteiger partial charge is 0.308 e. The van der Waals surface area contributed by atoms with Crippen LogP contribution in [0.2, 0.25) is 0 Å². The molecule has 0 aromatic carbocycles. The zero-order chi connectivity index (χ0) is 25.4. The summed E-state index contributed by atoms with van der Waals surface area (Å²) in [6.07, 6.45) is -4.49. The van der Waals surface area contributed by atoms with Gasteiger partial charge in [0.05, 0.1) is 18.2 Å². The van der Waals surface area contributed by atoms with Crippen LogP contribution in [0.15, 0.2) is 11.1 Å². The number of nitrogens with one attached hydrogen (secondary N) is 1. The Hall–Kier alpha value is -3.17. The van der Waals surface area contributed by atoms with Crippen LogP contribution >= 0.6 is 11.6 Å². The highest BCUT2D eigenvalue weighted by Gasteiger charge is 2.63. The summed E-state index contributed by atoms with van der Waals surface area (Å²) in [5.41, 5.74) is 2.04. The van der Waals surface area contributed by atoms with Gasteiger partial charge < -0.3 is 19.9 Å². The monoisotopic (exact) mass is 497 g/mol. The summed E-state index contributed by atoms with van der Waals surface area (Å²) >= 11 is 5.59. The zero-order valence-electron chi connectivity index (χ0n) is 19.2. The van der Waals surface area contributed by atoms with Gasteiger partial charge >= 0.3 is 11.9 Å². The molecule has 34 heavy (non-hydrogen) atoms. The van der Waals surface area contributed by atoms with Gasteiger partial charge in [0.2, 0.25) is 5.95 Å². The number of ether oxygens (including phenoxy) is 3. The Kier molecular flexibility index (Phi) is 7.18. The van der Waals surface area contributed by atoms with Crippen LogP contribution in [0.25, 0.3) is 11.2 Å². The van der Waals surface area contributed by atoms with Crippen LogP contribution in [0.1, 0.15) is 40.8 Å². The molecule has 13 heteroatoms. The Bertz CT molecular complexity index is 1220. The molecule has 3 rings (SSSR count). The molecule has 0 spiro atoms. The maximum atomic E-state index is 16.7. The van der Waals surface area contributed by atoms with E-state index in [-0.39, 0.29) is 17.1 Å². The second-order valence-electron chi connectivity index (χ2n) is 8.52. The molecule has 1 aliphatic rings. The lowest BCUT2D eigenvalue weighted by Crippen LogP contribution is -2.48. The van der Waals surface area contributed by atoms with E-state index in [1.54, 1.807) is 27.7 Å². The number of carbonyl (C=O) groups is 2. The number of hydrogen-bond acceptors (Lipinski definition) is 9. The normalized spacial score (nSPS) is 25.3. The van der Waals surface area contributed by atoms with Crippen molar-refractivity contribution in [2.45, 2.75) is 64.8 Å². The van der Waals surface area contributed by atoms with Crippen molar-refractivity contribution in [2.24, 2.45) is 11.8 Å². The number of imidazole rings is 1. The van der Waals surface area contributed by atoms with Crippen molar-refractivity contribution in [1.82, 2.24) is 19.5 Å². The Balaban J connectivity index is 2.14. The fraction of sp³-hybridized carbons (Fsp3) is 0.571. The van der Waals surface area contributed by atoms with Crippen LogP contribution in [0.5, 0.6) is 0 Å². The third-order valence-corrected chi connectivity index (χ3v) is 5.35. The van der Waals surface area contributed by atoms with Crippen LogP contribution in [0, 0.1) is 23.1 Å². The average molecular weight is 498 g/mol. The summed E-state index contributed by atoms with van der Waals surface area (Å²) in [5, 5.41) is 1.99. The SMILES string of the molecule is CC(C)C(=O)OC(C)[C@H]1O[C@@H](n2cnc3c(=O)[nH]c(N)nc32)[C@@](F)(C#CCl)[C@@H]1OC(=O)C(C)C. The molecule has 5 atom stereocenters. The predicted molar refractivity (Wildman–Crippen MR) is 119 cm³/mol. The van der Waals surface area contributed by atoms with Gasteiger partial charge in [0.15, 0.2) is 23.5 Å². The van der Waals surface area contributed by atoms with Crippen molar-refractivity contribution in [2.75, 3.05) is 5.73 Å². The molecule has 2 aromatic heterocycles. The lowest BCUT2D eigenvalue weighted by atomic mass is 9.94. The van der Waals surface area contributed by atoms with E-state index >= 15 is 4.39 Å². The Morgan fingerprint density at radius 3 is 2.53 bits per heavy atom. The summed E-state index contributed by atoms with van der Waals surface area (Å²) in [4.78, 5) is 47.1. The number of rotatable bonds is 6. The van der Waals surface area contributed by atoms with E-state index in [0.29, 0.717) is 0 Å². The number of halogens is 2. The third-order valence-electron chi connectivity index (χ3n) is 5.25. The Morgan fingerprint density at radius 2 is 1.94 bits per heavy atom.